The fourth-order valence-corrected chi connectivity index (χ4v) is 1.36. The van der Waals surface area contributed by atoms with E-state index in [1.807, 2.05) is 0 Å². The van der Waals surface area contributed by atoms with Crippen LogP contribution in [0.3, 0.4) is 0 Å². The van der Waals surface area contributed by atoms with Crippen LogP contribution in [0.4, 0.5) is 0 Å². The maximum Gasteiger partial charge on any atom is 0.226 e. The lowest BCUT2D eigenvalue weighted by molar-refractivity contribution is 0.485. The minimum absolute atomic E-state index is 0.442. The Morgan fingerprint density at radius 2 is 2.33 bits per heavy atom. The molecular weight excluding hydrogens is 174 g/mol. The third kappa shape index (κ3) is 2.83. The average molecular weight is 187 g/mol. The van der Waals surface area contributed by atoms with Crippen molar-refractivity contribution in [3.63, 3.8) is 0 Å². The number of aromatic nitrogens is 2. The Hall–Kier alpha value is -0.550. The van der Waals surface area contributed by atoms with Crippen LogP contribution >= 0.6 is 11.8 Å². The highest BCUT2D eigenvalue weighted by Crippen LogP contribution is 2.15. The van der Waals surface area contributed by atoms with Gasteiger partial charge in [0.2, 0.25) is 11.8 Å². The summed E-state index contributed by atoms with van der Waals surface area (Å²) in [5, 5.41) is 8.04. The van der Waals surface area contributed by atoms with Gasteiger partial charge in [-0.1, -0.05) is 6.92 Å². The molecule has 2 N–H and O–H groups in total. The fourth-order valence-electron chi connectivity index (χ4n) is 0.677. The molecule has 0 bridgehead atoms. The van der Waals surface area contributed by atoms with Gasteiger partial charge in [0.1, 0.15) is 0 Å². The Kier molecular flexibility index (Phi) is 3.55. The van der Waals surface area contributed by atoms with Crippen LogP contribution in [0, 0.1) is 6.92 Å². The summed E-state index contributed by atoms with van der Waals surface area (Å²) in [6.07, 6.45) is 0. The molecule has 0 fully saturated rings. The first-order valence-electron chi connectivity index (χ1n) is 3.83. The van der Waals surface area contributed by atoms with Crippen LogP contribution in [0.1, 0.15) is 18.7 Å². The van der Waals surface area contributed by atoms with Crippen LogP contribution in [0.25, 0.3) is 0 Å². The van der Waals surface area contributed by atoms with Gasteiger partial charge in [-0.05, 0) is 0 Å². The van der Waals surface area contributed by atoms with Crippen LogP contribution in [0.15, 0.2) is 4.42 Å². The Morgan fingerprint density at radius 1 is 1.58 bits per heavy atom. The van der Waals surface area contributed by atoms with Gasteiger partial charge >= 0.3 is 0 Å². The van der Waals surface area contributed by atoms with E-state index in [9.17, 15) is 0 Å². The van der Waals surface area contributed by atoms with Crippen LogP contribution in [-0.4, -0.2) is 22.0 Å². The van der Waals surface area contributed by atoms with E-state index in [4.69, 9.17) is 10.2 Å². The maximum absolute atomic E-state index is 5.45. The average Bonchev–Trinajstić information content (AvgIpc) is 2.47. The summed E-state index contributed by atoms with van der Waals surface area (Å²) >= 11 is 1.72. The van der Waals surface area contributed by atoms with Gasteiger partial charge in [0.05, 0.1) is 5.75 Å². The van der Waals surface area contributed by atoms with Gasteiger partial charge < -0.3 is 10.2 Å². The van der Waals surface area contributed by atoms with E-state index in [1.54, 1.807) is 18.7 Å². The predicted molar refractivity (Wildman–Crippen MR) is 48.8 cm³/mol. The van der Waals surface area contributed by atoms with Gasteiger partial charge in [0.15, 0.2) is 0 Å². The van der Waals surface area contributed by atoms with Crippen LogP contribution in [0.2, 0.25) is 0 Å². The minimum atomic E-state index is 0.442. The Morgan fingerprint density at radius 3 is 2.83 bits per heavy atom. The lowest BCUT2D eigenvalue weighted by atomic mass is 10.5. The normalized spacial score (nSPS) is 13.2. The van der Waals surface area contributed by atoms with E-state index in [-0.39, 0.29) is 0 Å². The van der Waals surface area contributed by atoms with Gasteiger partial charge in [-0.25, -0.2) is 0 Å². The number of aryl methyl sites for hydroxylation is 1. The molecule has 1 atom stereocenters. The summed E-state index contributed by atoms with van der Waals surface area (Å²) in [5.74, 6) is 2.04. The van der Waals surface area contributed by atoms with E-state index in [1.165, 1.54) is 0 Å². The van der Waals surface area contributed by atoms with Gasteiger partial charge in [-0.2, -0.15) is 0 Å². The second-order valence-electron chi connectivity index (χ2n) is 2.57. The topological polar surface area (TPSA) is 64.9 Å². The molecule has 1 aromatic heterocycles. The molecule has 0 aliphatic carbocycles. The van der Waals surface area contributed by atoms with E-state index in [2.05, 4.69) is 17.1 Å². The number of nitrogens with two attached hydrogens (primary N) is 1. The molecule has 0 amide bonds. The molecule has 0 saturated heterocycles. The van der Waals surface area contributed by atoms with Crippen molar-refractivity contribution in [3.05, 3.63) is 11.8 Å². The van der Waals surface area contributed by atoms with Crippen LogP contribution in [-0.2, 0) is 5.75 Å². The third-order valence-corrected chi connectivity index (χ3v) is 2.57. The largest absolute Gasteiger partial charge is 0.425 e. The molecule has 0 saturated carbocycles. The van der Waals surface area contributed by atoms with Crippen molar-refractivity contribution in [2.75, 3.05) is 6.54 Å². The van der Waals surface area contributed by atoms with E-state index in [0.29, 0.717) is 23.6 Å². The molecule has 0 aliphatic rings. The van der Waals surface area contributed by atoms with E-state index in [0.717, 1.165) is 5.75 Å². The van der Waals surface area contributed by atoms with Crippen molar-refractivity contribution in [2.45, 2.75) is 24.9 Å². The second kappa shape index (κ2) is 4.47. The Labute approximate surface area is 75.9 Å². The van der Waals surface area contributed by atoms with Gasteiger partial charge in [0.25, 0.3) is 0 Å². The van der Waals surface area contributed by atoms with Crippen LogP contribution in [0.5, 0.6) is 0 Å². The zero-order chi connectivity index (χ0) is 8.97. The highest BCUT2D eigenvalue weighted by molar-refractivity contribution is 7.99. The predicted octanol–water partition coefficient (Wildman–Crippen LogP) is 0.958. The zero-order valence-electron chi connectivity index (χ0n) is 7.28. The molecule has 0 radical (unpaired) electrons. The molecule has 12 heavy (non-hydrogen) atoms. The SMILES string of the molecule is Cc1nnc(CSC(C)CN)o1. The summed E-state index contributed by atoms with van der Waals surface area (Å²) in [4.78, 5) is 0. The Bertz CT molecular complexity index is 238. The first-order valence-corrected chi connectivity index (χ1v) is 4.88. The molecule has 0 aromatic carbocycles. The maximum atomic E-state index is 5.45. The second-order valence-corrected chi connectivity index (χ2v) is 4.00. The molecule has 68 valence electrons. The fraction of sp³-hybridized carbons (Fsp3) is 0.714. The lowest BCUT2D eigenvalue weighted by Crippen LogP contribution is -2.12. The highest BCUT2D eigenvalue weighted by Gasteiger charge is 2.05. The van der Waals surface area contributed by atoms with Gasteiger partial charge in [-0.15, -0.1) is 22.0 Å². The van der Waals surface area contributed by atoms with Crippen molar-refractivity contribution in [1.82, 2.24) is 10.2 Å². The minimum Gasteiger partial charge on any atom is -0.425 e. The highest BCUT2D eigenvalue weighted by atomic mass is 32.2. The first-order chi connectivity index (χ1) is 5.72. The molecule has 0 aliphatic heterocycles. The number of thioether (sulfide) groups is 1. The summed E-state index contributed by atoms with van der Waals surface area (Å²) in [7, 11) is 0. The van der Waals surface area contributed by atoms with Crippen molar-refractivity contribution < 1.29 is 4.42 Å². The quantitative estimate of drug-likeness (QED) is 0.760. The van der Waals surface area contributed by atoms with E-state index >= 15 is 0 Å². The van der Waals surface area contributed by atoms with Crippen molar-refractivity contribution in [2.24, 2.45) is 5.73 Å². The molecule has 4 nitrogen and oxygen atoms in total. The summed E-state index contributed by atoms with van der Waals surface area (Å²) in [5.41, 5.74) is 5.45. The Balaban J connectivity index is 2.33. The smallest absolute Gasteiger partial charge is 0.226 e. The first kappa shape index (κ1) is 9.54. The number of hydrogen-bond donors (Lipinski definition) is 1. The molecule has 1 aromatic rings. The van der Waals surface area contributed by atoms with Gasteiger partial charge in [0, 0.05) is 18.7 Å². The molecule has 5 heteroatoms. The third-order valence-electron chi connectivity index (χ3n) is 1.39. The van der Waals surface area contributed by atoms with Crippen molar-refractivity contribution in [1.29, 1.82) is 0 Å². The van der Waals surface area contributed by atoms with Gasteiger partial charge in [-0.3, -0.25) is 0 Å². The summed E-state index contributed by atoms with van der Waals surface area (Å²) in [6.45, 7) is 4.54. The molecule has 0 spiro atoms. The molecule has 1 unspecified atom stereocenters. The summed E-state index contributed by atoms with van der Waals surface area (Å²) in [6, 6.07) is 0. The standard InChI is InChI=1S/C7H13N3OS/c1-5(3-8)12-4-7-10-9-6(2)11-7/h5H,3-4,8H2,1-2H3. The van der Waals surface area contributed by atoms with Crippen molar-refractivity contribution >= 4 is 11.8 Å². The number of hydrogen-bond acceptors (Lipinski definition) is 5. The molecular formula is C7H13N3OS. The zero-order valence-corrected chi connectivity index (χ0v) is 8.10. The lowest BCUT2D eigenvalue weighted by Gasteiger charge is -2.04. The number of nitrogens with zero attached hydrogens (tertiary/aromatic N) is 2. The van der Waals surface area contributed by atoms with E-state index < -0.39 is 0 Å². The number of rotatable bonds is 4. The monoisotopic (exact) mass is 187 g/mol. The summed E-state index contributed by atoms with van der Waals surface area (Å²) < 4.78 is 5.19. The van der Waals surface area contributed by atoms with Crippen molar-refractivity contribution in [3.8, 4) is 0 Å². The van der Waals surface area contributed by atoms with Crippen LogP contribution < -0.4 is 5.73 Å². The molecule has 1 heterocycles. The molecule has 1 rings (SSSR count).